The molecule has 21 heavy (non-hydrogen) atoms. The Balaban J connectivity index is 2.06. The van der Waals surface area contributed by atoms with Crippen molar-refractivity contribution in [3.05, 3.63) is 29.8 Å². The van der Waals surface area contributed by atoms with Gasteiger partial charge in [-0.3, -0.25) is 4.79 Å². The molecule has 2 rings (SSSR count). The van der Waals surface area contributed by atoms with E-state index in [9.17, 15) is 13.6 Å². The molecular weight excluding hydrogens is 280 g/mol. The van der Waals surface area contributed by atoms with Gasteiger partial charge < -0.3 is 14.8 Å². The number of halogens is 2. The minimum absolute atomic E-state index is 0.0218. The largest absolute Gasteiger partial charge is 0.490 e. The van der Waals surface area contributed by atoms with E-state index >= 15 is 0 Å². The molecule has 0 aliphatic heterocycles. The number of hydrogen-bond acceptors (Lipinski definition) is 3. The molecule has 1 aromatic rings. The second-order valence-corrected chi connectivity index (χ2v) is 4.63. The predicted molar refractivity (Wildman–Crippen MR) is 74.4 cm³/mol. The molecule has 1 amide bonds. The number of hydrogen-bond donors (Lipinski definition) is 1. The number of ether oxygens (including phenoxy) is 2. The summed E-state index contributed by atoms with van der Waals surface area (Å²) in [5, 5.41) is 2.82. The predicted octanol–water partition coefficient (Wildman–Crippen LogP) is 2.98. The van der Waals surface area contributed by atoms with Crippen LogP contribution in [0.2, 0.25) is 0 Å². The van der Waals surface area contributed by atoms with Crippen LogP contribution in [-0.4, -0.2) is 25.2 Å². The Labute approximate surface area is 121 Å². The maximum atomic E-state index is 12.3. The van der Waals surface area contributed by atoms with Crippen molar-refractivity contribution in [1.29, 1.82) is 0 Å². The highest BCUT2D eigenvalue weighted by Crippen LogP contribution is 2.30. The minimum Gasteiger partial charge on any atom is -0.490 e. The monoisotopic (exact) mass is 297 g/mol. The summed E-state index contributed by atoms with van der Waals surface area (Å²) < 4.78 is 34.2. The molecule has 0 bridgehead atoms. The third-order valence-electron chi connectivity index (χ3n) is 2.83. The summed E-state index contributed by atoms with van der Waals surface area (Å²) in [5.74, 6) is 0.0392. The Morgan fingerprint density at radius 1 is 1.43 bits per heavy atom. The van der Waals surface area contributed by atoms with E-state index in [1.807, 2.05) is 0 Å². The fraction of sp³-hybridized carbons (Fsp3) is 0.400. The Kier molecular flexibility index (Phi) is 5.14. The molecule has 1 aliphatic carbocycles. The average Bonchev–Trinajstić information content (AvgIpc) is 3.22. The van der Waals surface area contributed by atoms with Crippen LogP contribution >= 0.6 is 0 Å². The van der Waals surface area contributed by atoms with Gasteiger partial charge in [-0.25, -0.2) is 0 Å². The number of carbonyl (C=O) groups excluding carboxylic acids is 1. The van der Waals surface area contributed by atoms with E-state index in [0.29, 0.717) is 18.2 Å². The van der Waals surface area contributed by atoms with E-state index in [2.05, 4.69) is 10.1 Å². The maximum Gasteiger partial charge on any atom is 0.387 e. The highest BCUT2D eigenvalue weighted by atomic mass is 19.3. The molecule has 1 saturated carbocycles. The molecule has 0 unspecified atom stereocenters. The molecule has 0 radical (unpaired) electrons. The first kappa shape index (κ1) is 15.3. The molecule has 0 atom stereocenters. The first-order valence-electron chi connectivity index (χ1n) is 6.78. The highest BCUT2D eigenvalue weighted by molar-refractivity contribution is 5.92. The Morgan fingerprint density at radius 2 is 2.19 bits per heavy atom. The summed E-state index contributed by atoms with van der Waals surface area (Å²) in [6, 6.07) is 4.83. The van der Waals surface area contributed by atoms with Gasteiger partial charge in [0.1, 0.15) is 0 Å². The molecule has 1 aliphatic rings. The van der Waals surface area contributed by atoms with E-state index < -0.39 is 6.61 Å². The van der Waals surface area contributed by atoms with Crippen molar-refractivity contribution in [2.24, 2.45) is 0 Å². The lowest BCUT2D eigenvalue weighted by Gasteiger charge is -2.11. The molecule has 1 fully saturated rings. The van der Waals surface area contributed by atoms with Crippen molar-refractivity contribution in [1.82, 2.24) is 5.32 Å². The number of benzene rings is 1. The fourth-order valence-corrected chi connectivity index (χ4v) is 1.74. The van der Waals surface area contributed by atoms with Gasteiger partial charge in [0.05, 0.1) is 6.61 Å². The van der Waals surface area contributed by atoms with Gasteiger partial charge in [0, 0.05) is 12.1 Å². The first-order valence-corrected chi connectivity index (χ1v) is 6.78. The summed E-state index contributed by atoms with van der Waals surface area (Å²) in [6.07, 6.45) is 5.06. The van der Waals surface area contributed by atoms with Gasteiger partial charge in [0.2, 0.25) is 5.91 Å². The molecule has 0 heterocycles. The number of amides is 1. The molecule has 0 saturated heterocycles. The second-order valence-electron chi connectivity index (χ2n) is 4.63. The van der Waals surface area contributed by atoms with Gasteiger partial charge in [-0.1, -0.05) is 6.07 Å². The second kappa shape index (κ2) is 7.06. The van der Waals surface area contributed by atoms with Crippen molar-refractivity contribution in [3.63, 3.8) is 0 Å². The van der Waals surface area contributed by atoms with Crippen LogP contribution in [0.1, 0.15) is 25.3 Å². The zero-order valence-electron chi connectivity index (χ0n) is 11.6. The minimum atomic E-state index is -2.91. The molecule has 114 valence electrons. The van der Waals surface area contributed by atoms with Gasteiger partial charge >= 0.3 is 6.61 Å². The van der Waals surface area contributed by atoms with Gasteiger partial charge in [0.25, 0.3) is 0 Å². The van der Waals surface area contributed by atoms with Crippen LogP contribution in [0, 0.1) is 0 Å². The summed E-state index contributed by atoms with van der Waals surface area (Å²) in [7, 11) is 0. The normalized spacial score (nSPS) is 14.5. The maximum absolute atomic E-state index is 12.3. The van der Waals surface area contributed by atoms with Crippen LogP contribution in [0.25, 0.3) is 6.08 Å². The highest BCUT2D eigenvalue weighted by Gasteiger charge is 2.22. The number of rotatable bonds is 7. The topological polar surface area (TPSA) is 47.6 Å². The Hall–Kier alpha value is -2.11. The standard InChI is InChI=1S/C15H17F2NO3/c1-2-20-13-9-10(3-7-12(13)21-15(16)17)4-8-14(19)18-11-5-6-11/h3-4,7-9,11,15H,2,5-6H2,1H3,(H,18,19)/b8-4+. The van der Waals surface area contributed by atoms with E-state index in [0.717, 1.165) is 12.8 Å². The van der Waals surface area contributed by atoms with Gasteiger partial charge in [-0.2, -0.15) is 8.78 Å². The van der Waals surface area contributed by atoms with Crippen LogP contribution in [0.3, 0.4) is 0 Å². The van der Waals surface area contributed by atoms with Crippen LogP contribution in [0.4, 0.5) is 8.78 Å². The van der Waals surface area contributed by atoms with Crippen molar-refractivity contribution in [2.45, 2.75) is 32.4 Å². The van der Waals surface area contributed by atoms with Crippen LogP contribution in [0.15, 0.2) is 24.3 Å². The molecule has 1 N–H and O–H groups in total. The van der Waals surface area contributed by atoms with Gasteiger partial charge in [-0.05, 0) is 43.5 Å². The molecule has 6 heteroatoms. The summed E-state index contributed by atoms with van der Waals surface area (Å²) in [4.78, 5) is 11.5. The molecule has 0 spiro atoms. The Bertz CT molecular complexity index is 528. The molecule has 1 aromatic carbocycles. The third-order valence-corrected chi connectivity index (χ3v) is 2.83. The fourth-order valence-electron chi connectivity index (χ4n) is 1.74. The number of nitrogens with one attached hydrogen (secondary N) is 1. The summed E-state index contributed by atoms with van der Waals surface area (Å²) >= 11 is 0. The van der Waals surface area contributed by atoms with Gasteiger partial charge in [0.15, 0.2) is 11.5 Å². The quantitative estimate of drug-likeness (QED) is 0.787. The first-order chi connectivity index (χ1) is 10.1. The zero-order chi connectivity index (χ0) is 15.2. The van der Waals surface area contributed by atoms with E-state index in [1.54, 1.807) is 25.1 Å². The number of carbonyl (C=O) groups is 1. The smallest absolute Gasteiger partial charge is 0.387 e. The van der Waals surface area contributed by atoms with Crippen LogP contribution in [0.5, 0.6) is 11.5 Å². The third kappa shape index (κ3) is 5.06. The summed E-state index contributed by atoms with van der Waals surface area (Å²) in [6.45, 7) is -0.831. The lowest BCUT2D eigenvalue weighted by molar-refractivity contribution is -0.116. The number of alkyl halides is 2. The molecular formula is C15H17F2NO3. The average molecular weight is 297 g/mol. The van der Waals surface area contributed by atoms with Gasteiger partial charge in [-0.15, -0.1) is 0 Å². The molecule has 4 nitrogen and oxygen atoms in total. The van der Waals surface area contributed by atoms with Crippen molar-refractivity contribution >= 4 is 12.0 Å². The summed E-state index contributed by atoms with van der Waals surface area (Å²) in [5.41, 5.74) is 0.672. The zero-order valence-corrected chi connectivity index (χ0v) is 11.6. The molecule has 0 aromatic heterocycles. The van der Waals surface area contributed by atoms with Crippen molar-refractivity contribution in [2.75, 3.05) is 6.61 Å². The van der Waals surface area contributed by atoms with Crippen LogP contribution < -0.4 is 14.8 Å². The van der Waals surface area contributed by atoms with E-state index in [4.69, 9.17) is 4.74 Å². The lowest BCUT2D eigenvalue weighted by atomic mass is 10.2. The van der Waals surface area contributed by atoms with Crippen molar-refractivity contribution < 1.29 is 23.0 Å². The van der Waals surface area contributed by atoms with E-state index in [1.165, 1.54) is 12.1 Å². The van der Waals surface area contributed by atoms with Crippen molar-refractivity contribution in [3.8, 4) is 11.5 Å². The van der Waals surface area contributed by atoms with Crippen LogP contribution in [-0.2, 0) is 4.79 Å². The Morgan fingerprint density at radius 3 is 2.81 bits per heavy atom. The van der Waals surface area contributed by atoms with E-state index in [-0.39, 0.29) is 17.4 Å². The SMILES string of the molecule is CCOc1cc(/C=C/C(=O)NC2CC2)ccc1OC(F)F. The lowest BCUT2D eigenvalue weighted by Crippen LogP contribution is -2.22.